The second-order valence-electron chi connectivity index (χ2n) is 6.28. The summed E-state index contributed by atoms with van der Waals surface area (Å²) >= 11 is 0. The van der Waals surface area contributed by atoms with Gasteiger partial charge in [0.25, 0.3) is 5.91 Å². The zero-order valence-electron chi connectivity index (χ0n) is 13.5. The van der Waals surface area contributed by atoms with Gasteiger partial charge in [-0.25, -0.2) is 4.79 Å². The first-order valence-corrected chi connectivity index (χ1v) is 7.84. The number of nitrogens with zero attached hydrogens (tertiary/aromatic N) is 2. The molecule has 2 atom stereocenters. The Hall–Kier alpha value is -1.92. The van der Waals surface area contributed by atoms with E-state index in [-0.39, 0.29) is 11.9 Å². The van der Waals surface area contributed by atoms with Crippen molar-refractivity contribution in [2.45, 2.75) is 6.04 Å². The summed E-state index contributed by atoms with van der Waals surface area (Å²) in [5.41, 5.74) is 0.922. The summed E-state index contributed by atoms with van der Waals surface area (Å²) in [5.74, 6) is -0.149. The normalized spacial score (nSPS) is 24.9. The van der Waals surface area contributed by atoms with E-state index in [1.54, 1.807) is 24.3 Å². The number of rotatable bonds is 2. The largest absolute Gasteiger partial charge is 0.465 e. The third-order valence-corrected chi connectivity index (χ3v) is 4.56. The highest BCUT2D eigenvalue weighted by atomic mass is 16.5. The molecular weight excluding hydrogens is 296 g/mol. The molecule has 2 bridgehead atoms. The van der Waals surface area contributed by atoms with Crippen molar-refractivity contribution in [1.29, 1.82) is 0 Å². The fourth-order valence-electron chi connectivity index (χ4n) is 3.30. The van der Waals surface area contributed by atoms with Crippen LogP contribution in [0.4, 0.5) is 0 Å². The molecule has 2 fully saturated rings. The molecule has 3 rings (SSSR count). The van der Waals surface area contributed by atoms with Gasteiger partial charge in [-0.3, -0.25) is 9.69 Å². The monoisotopic (exact) mass is 318 g/mol. The van der Waals surface area contributed by atoms with Crippen LogP contribution in [0.3, 0.4) is 0 Å². The molecule has 6 nitrogen and oxygen atoms in total. The van der Waals surface area contributed by atoms with Crippen molar-refractivity contribution in [3.63, 3.8) is 0 Å². The van der Waals surface area contributed by atoms with Crippen molar-refractivity contribution in [2.75, 3.05) is 47.0 Å². The predicted molar refractivity (Wildman–Crippen MR) is 84.4 cm³/mol. The first-order chi connectivity index (χ1) is 11.1. The summed E-state index contributed by atoms with van der Waals surface area (Å²) in [6.45, 7) is 3.61. The Bertz CT molecular complexity index is 604. The van der Waals surface area contributed by atoms with E-state index >= 15 is 0 Å². The highest BCUT2D eigenvalue weighted by Crippen LogP contribution is 2.20. The van der Waals surface area contributed by atoms with Crippen LogP contribution >= 0.6 is 0 Å². The van der Waals surface area contributed by atoms with E-state index < -0.39 is 5.97 Å². The van der Waals surface area contributed by atoms with Gasteiger partial charge in [-0.2, -0.15) is 0 Å². The first kappa shape index (κ1) is 16.0. The SMILES string of the molecule is COC(=O)c1cccc(C(=O)N2C[C@@H]3COC[C@H](C2)N(C)C3)c1. The Balaban J connectivity index is 1.81. The van der Waals surface area contributed by atoms with Crippen molar-refractivity contribution in [3.8, 4) is 0 Å². The number of likely N-dealkylation sites (N-methyl/N-ethyl adjacent to an activating group) is 1. The molecule has 1 amide bonds. The second kappa shape index (κ2) is 6.68. The molecule has 0 unspecified atom stereocenters. The van der Waals surface area contributed by atoms with Gasteiger partial charge in [0, 0.05) is 31.1 Å². The molecule has 0 aliphatic carbocycles. The van der Waals surface area contributed by atoms with Gasteiger partial charge in [0.2, 0.25) is 0 Å². The van der Waals surface area contributed by atoms with E-state index in [4.69, 9.17) is 9.47 Å². The molecule has 2 aliphatic heterocycles. The molecule has 2 saturated heterocycles. The van der Waals surface area contributed by atoms with E-state index in [1.165, 1.54) is 7.11 Å². The summed E-state index contributed by atoms with van der Waals surface area (Å²) < 4.78 is 10.4. The molecule has 124 valence electrons. The minimum atomic E-state index is -0.430. The number of ether oxygens (including phenoxy) is 2. The molecule has 0 aromatic heterocycles. The van der Waals surface area contributed by atoms with Gasteiger partial charge in [-0.15, -0.1) is 0 Å². The molecule has 1 aromatic rings. The van der Waals surface area contributed by atoms with Crippen LogP contribution < -0.4 is 0 Å². The number of esters is 1. The van der Waals surface area contributed by atoms with E-state index in [1.807, 2.05) is 4.90 Å². The predicted octanol–water partition coefficient (Wildman–Crippen LogP) is 0.876. The average Bonchev–Trinajstić information content (AvgIpc) is 2.82. The fourth-order valence-corrected chi connectivity index (χ4v) is 3.30. The molecule has 0 N–H and O–H groups in total. The molecule has 0 spiro atoms. The number of methoxy groups -OCH3 is 1. The number of fused-ring (bicyclic) bond motifs is 3. The van der Waals surface area contributed by atoms with Gasteiger partial charge in [0.15, 0.2) is 0 Å². The van der Waals surface area contributed by atoms with Crippen LogP contribution in [0.25, 0.3) is 0 Å². The molecule has 0 radical (unpaired) electrons. The number of benzene rings is 1. The minimum Gasteiger partial charge on any atom is -0.465 e. The second-order valence-corrected chi connectivity index (χ2v) is 6.28. The smallest absolute Gasteiger partial charge is 0.337 e. The number of hydrogen-bond donors (Lipinski definition) is 0. The van der Waals surface area contributed by atoms with E-state index in [2.05, 4.69) is 11.9 Å². The molecule has 23 heavy (non-hydrogen) atoms. The van der Waals surface area contributed by atoms with Gasteiger partial charge in [0.1, 0.15) is 0 Å². The van der Waals surface area contributed by atoms with Crippen LogP contribution in [0.2, 0.25) is 0 Å². The number of hydrogen-bond acceptors (Lipinski definition) is 5. The lowest BCUT2D eigenvalue weighted by Crippen LogP contribution is -2.44. The maximum atomic E-state index is 12.9. The van der Waals surface area contributed by atoms with Crippen LogP contribution in [0.1, 0.15) is 20.7 Å². The molecular formula is C17H22N2O4. The summed E-state index contributed by atoms with van der Waals surface area (Å²) in [5, 5.41) is 0. The lowest BCUT2D eigenvalue weighted by Gasteiger charge is -2.29. The molecule has 2 heterocycles. The number of amides is 1. The van der Waals surface area contributed by atoms with E-state index in [0.717, 1.165) is 6.54 Å². The lowest BCUT2D eigenvalue weighted by molar-refractivity contribution is 0.0433. The Morgan fingerprint density at radius 1 is 1.17 bits per heavy atom. The van der Waals surface area contributed by atoms with Gasteiger partial charge in [-0.05, 0) is 25.2 Å². The van der Waals surface area contributed by atoms with Crippen LogP contribution in [0, 0.1) is 5.92 Å². The van der Waals surface area contributed by atoms with E-state index in [9.17, 15) is 9.59 Å². The topological polar surface area (TPSA) is 59.1 Å². The Kier molecular flexibility index (Phi) is 4.63. The summed E-state index contributed by atoms with van der Waals surface area (Å²) in [6, 6.07) is 6.94. The van der Waals surface area contributed by atoms with Crippen molar-refractivity contribution in [2.24, 2.45) is 5.92 Å². The van der Waals surface area contributed by atoms with Gasteiger partial charge in [-0.1, -0.05) is 6.07 Å². The number of carbonyl (C=O) groups excluding carboxylic acids is 2. The Morgan fingerprint density at radius 3 is 2.74 bits per heavy atom. The quantitative estimate of drug-likeness (QED) is 0.758. The maximum Gasteiger partial charge on any atom is 0.337 e. The number of carbonyl (C=O) groups is 2. The molecule has 6 heteroatoms. The van der Waals surface area contributed by atoms with Gasteiger partial charge < -0.3 is 14.4 Å². The van der Waals surface area contributed by atoms with Crippen molar-refractivity contribution >= 4 is 11.9 Å². The Labute approximate surface area is 136 Å². The van der Waals surface area contributed by atoms with Crippen LogP contribution in [0.15, 0.2) is 24.3 Å². The van der Waals surface area contributed by atoms with E-state index in [0.29, 0.717) is 43.3 Å². The summed E-state index contributed by atoms with van der Waals surface area (Å²) in [6.07, 6.45) is 0. The summed E-state index contributed by atoms with van der Waals surface area (Å²) in [4.78, 5) is 28.7. The van der Waals surface area contributed by atoms with Gasteiger partial charge >= 0.3 is 5.97 Å². The van der Waals surface area contributed by atoms with Crippen molar-refractivity contribution in [1.82, 2.24) is 9.80 Å². The third-order valence-electron chi connectivity index (χ3n) is 4.56. The highest BCUT2D eigenvalue weighted by Gasteiger charge is 2.33. The highest BCUT2D eigenvalue weighted by molar-refractivity contribution is 5.98. The minimum absolute atomic E-state index is 0.0389. The van der Waals surface area contributed by atoms with Crippen LogP contribution in [-0.4, -0.2) is 74.7 Å². The Morgan fingerprint density at radius 2 is 1.96 bits per heavy atom. The van der Waals surface area contributed by atoms with Crippen LogP contribution in [0.5, 0.6) is 0 Å². The van der Waals surface area contributed by atoms with Crippen LogP contribution in [-0.2, 0) is 9.47 Å². The fraction of sp³-hybridized carbons (Fsp3) is 0.529. The first-order valence-electron chi connectivity index (χ1n) is 7.84. The zero-order chi connectivity index (χ0) is 16.4. The van der Waals surface area contributed by atoms with Crippen molar-refractivity contribution < 1.29 is 19.1 Å². The maximum absolute atomic E-state index is 12.9. The van der Waals surface area contributed by atoms with Gasteiger partial charge in [0.05, 0.1) is 31.9 Å². The molecule has 2 aliphatic rings. The third kappa shape index (κ3) is 3.38. The average molecular weight is 318 g/mol. The standard InChI is InChI=1S/C17H22N2O4/c1-18-7-12-8-19(9-15(18)11-23-10-12)16(20)13-4-3-5-14(6-13)17(21)22-2/h3-6,12,15H,7-11H2,1-2H3/t12-,15+/m1/s1. The summed E-state index contributed by atoms with van der Waals surface area (Å²) in [7, 11) is 3.42. The molecule has 1 aromatic carbocycles. The van der Waals surface area contributed by atoms with Crippen molar-refractivity contribution in [3.05, 3.63) is 35.4 Å². The molecule has 0 saturated carbocycles. The lowest BCUT2D eigenvalue weighted by atomic mass is 10.1. The zero-order valence-corrected chi connectivity index (χ0v) is 13.5.